The Morgan fingerprint density at radius 3 is 2.80 bits per heavy atom. The number of rotatable bonds is 4. The number of nitrogens with zero attached hydrogens (tertiary/aromatic N) is 2. The molecule has 1 heterocycles. The molecule has 104 valence electrons. The van der Waals surface area contributed by atoms with Gasteiger partial charge in [-0.25, -0.2) is 0 Å². The molecule has 0 radical (unpaired) electrons. The maximum atomic E-state index is 12.3. The number of carbonyl (C=O) groups excluding carboxylic acids is 1. The summed E-state index contributed by atoms with van der Waals surface area (Å²) in [7, 11) is 1.75. The lowest BCUT2D eigenvalue weighted by molar-refractivity contribution is 0.0785. The molecule has 1 aromatic heterocycles. The van der Waals surface area contributed by atoms with E-state index in [1.165, 1.54) is 0 Å². The molecule has 1 aromatic carbocycles. The molecule has 0 saturated carbocycles. The minimum atomic E-state index is -0.108. The summed E-state index contributed by atoms with van der Waals surface area (Å²) in [6.45, 7) is 0.552. The zero-order chi connectivity index (χ0) is 14.5. The van der Waals surface area contributed by atoms with Crippen molar-refractivity contribution in [2.75, 3.05) is 7.05 Å². The molecular formula is C14H15N3O2S. The van der Waals surface area contributed by atoms with E-state index in [4.69, 9.17) is 10.9 Å². The lowest BCUT2D eigenvalue weighted by Crippen LogP contribution is -2.26. The summed E-state index contributed by atoms with van der Waals surface area (Å²) in [4.78, 5) is 14.0. The summed E-state index contributed by atoms with van der Waals surface area (Å²) >= 11 is 1.60. The van der Waals surface area contributed by atoms with Crippen LogP contribution in [0.1, 0.15) is 21.5 Å². The fraction of sp³-hybridized carbons (Fsp3) is 0.143. The van der Waals surface area contributed by atoms with Gasteiger partial charge in [-0.15, -0.1) is 0 Å². The smallest absolute Gasteiger partial charge is 0.253 e. The highest BCUT2D eigenvalue weighted by Gasteiger charge is 2.13. The highest BCUT2D eigenvalue weighted by molar-refractivity contribution is 7.07. The first-order valence-corrected chi connectivity index (χ1v) is 6.90. The number of hydrogen-bond donors (Lipinski definition) is 2. The second kappa shape index (κ2) is 6.21. The third kappa shape index (κ3) is 3.16. The van der Waals surface area contributed by atoms with E-state index in [9.17, 15) is 4.79 Å². The van der Waals surface area contributed by atoms with Crippen LogP contribution in [0.2, 0.25) is 0 Å². The highest BCUT2D eigenvalue weighted by Crippen LogP contribution is 2.12. The van der Waals surface area contributed by atoms with Gasteiger partial charge in [0.05, 0.1) is 0 Å². The molecule has 0 aliphatic rings. The molecule has 0 spiro atoms. The van der Waals surface area contributed by atoms with E-state index in [0.717, 1.165) is 5.56 Å². The Labute approximate surface area is 120 Å². The molecule has 0 bridgehead atoms. The van der Waals surface area contributed by atoms with Crippen molar-refractivity contribution in [3.05, 3.63) is 57.8 Å². The highest BCUT2D eigenvalue weighted by atomic mass is 32.1. The van der Waals surface area contributed by atoms with Crippen molar-refractivity contribution in [1.82, 2.24) is 4.90 Å². The number of amides is 1. The number of nitrogens with two attached hydrogens (primary N) is 1. The third-order valence-corrected chi connectivity index (χ3v) is 3.59. The second-order valence-corrected chi connectivity index (χ2v) is 5.14. The van der Waals surface area contributed by atoms with Crippen LogP contribution in [-0.4, -0.2) is 28.9 Å². The number of carbonyl (C=O) groups is 1. The quantitative estimate of drug-likeness (QED) is 0.391. The second-order valence-electron chi connectivity index (χ2n) is 4.36. The molecule has 2 aromatic rings. The van der Waals surface area contributed by atoms with Crippen molar-refractivity contribution in [3.63, 3.8) is 0 Å². The van der Waals surface area contributed by atoms with Crippen molar-refractivity contribution < 1.29 is 10.0 Å². The van der Waals surface area contributed by atoms with Crippen LogP contribution in [0.3, 0.4) is 0 Å². The molecule has 0 unspecified atom stereocenters. The average molecular weight is 289 g/mol. The number of benzene rings is 1. The third-order valence-electron chi connectivity index (χ3n) is 2.86. The van der Waals surface area contributed by atoms with Crippen LogP contribution < -0.4 is 5.73 Å². The first kappa shape index (κ1) is 14.1. The zero-order valence-electron chi connectivity index (χ0n) is 11.0. The Morgan fingerprint density at radius 2 is 2.15 bits per heavy atom. The summed E-state index contributed by atoms with van der Waals surface area (Å²) in [6, 6.07) is 8.70. The van der Waals surface area contributed by atoms with Gasteiger partial charge in [0.25, 0.3) is 5.91 Å². The normalized spacial score (nSPS) is 11.3. The van der Waals surface area contributed by atoms with E-state index in [1.807, 2.05) is 16.8 Å². The largest absolute Gasteiger partial charge is 0.409 e. The van der Waals surface area contributed by atoms with E-state index in [2.05, 4.69) is 5.16 Å². The van der Waals surface area contributed by atoms with Gasteiger partial charge in [0.2, 0.25) is 0 Å². The minimum Gasteiger partial charge on any atom is -0.409 e. The molecule has 20 heavy (non-hydrogen) atoms. The van der Waals surface area contributed by atoms with Crippen LogP contribution in [0.4, 0.5) is 0 Å². The predicted molar refractivity (Wildman–Crippen MR) is 79.1 cm³/mol. The summed E-state index contributed by atoms with van der Waals surface area (Å²) in [6.07, 6.45) is 0. The van der Waals surface area contributed by atoms with Gasteiger partial charge in [0, 0.05) is 24.7 Å². The Bertz CT molecular complexity index is 623. The number of amidine groups is 1. The molecule has 0 saturated heterocycles. The van der Waals surface area contributed by atoms with Gasteiger partial charge in [-0.1, -0.05) is 17.3 Å². The monoisotopic (exact) mass is 289 g/mol. The Balaban J connectivity index is 2.16. The lowest BCUT2D eigenvalue weighted by Gasteiger charge is -2.16. The topological polar surface area (TPSA) is 78.9 Å². The van der Waals surface area contributed by atoms with E-state index < -0.39 is 0 Å². The maximum Gasteiger partial charge on any atom is 0.253 e. The summed E-state index contributed by atoms with van der Waals surface area (Å²) in [5.74, 6) is -0.121. The molecule has 0 aliphatic carbocycles. The van der Waals surface area contributed by atoms with Crippen molar-refractivity contribution >= 4 is 23.1 Å². The molecular weight excluding hydrogens is 274 g/mol. The number of oxime groups is 1. The van der Waals surface area contributed by atoms with Gasteiger partial charge in [-0.2, -0.15) is 11.3 Å². The molecule has 0 atom stereocenters. The van der Waals surface area contributed by atoms with Crippen LogP contribution in [-0.2, 0) is 6.54 Å². The summed E-state index contributed by atoms with van der Waals surface area (Å²) < 4.78 is 0. The van der Waals surface area contributed by atoms with Gasteiger partial charge in [0.1, 0.15) is 0 Å². The molecule has 2 rings (SSSR count). The standard InChI is InChI=1S/C14H15N3O2S/c1-17(8-10-5-6-20-9-10)14(18)12-4-2-3-11(7-12)13(15)16-19/h2-7,9,19H,8H2,1H3,(H2,15,16). The molecule has 3 N–H and O–H groups in total. The molecule has 0 fully saturated rings. The van der Waals surface area contributed by atoms with Gasteiger partial charge < -0.3 is 15.8 Å². The van der Waals surface area contributed by atoms with E-state index in [0.29, 0.717) is 17.7 Å². The van der Waals surface area contributed by atoms with Crippen LogP contribution in [0, 0.1) is 0 Å². The first-order chi connectivity index (χ1) is 9.61. The minimum absolute atomic E-state index is 0.0138. The van der Waals surface area contributed by atoms with Crippen molar-refractivity contribution in [1.29, 1.82) is 0 Å². The Kier molecular flexibility index (Phi) is 4.37. The zero-order valence-corrected chi connectivity index (χ0v) is 11.8. The fourth-order valence-corrected chi connectivity index (χ4v) is 2.48. The average Bonchev–Trinajstić information content (AvgIpc) is 2.98. The summed E-state index contributed by atoms with van der Waals surface area (Å²) in [5, 5.41) is 15.6. The first-order valence-electron chi connectivity index (χ1n) is 5.96. The van der Waals surface area contributed by atoms with Crippen molar-refractivity contribution in [2.24, 2.45) is 10.9 Å². The van der Waals surface area contributed by atoms with Gasteiger partial charge >= 0.3 is 0 Å². The molecule has 0 aliphatic heterocycles. The van der Waals surface area contributed by atoms with Crippen molar-refractivity contribution in [3.8, 4) is 0 Å². The van der Waals surface area contributed by atoms with E-state index in [1.54, 1.807) is 47.5 Å². The predicted octanol–water partition coefficient (Wildman–Crippen LogP) is 2.11. The van der Waals surface area contributed by atoms with Crippen LogP contribution in [0.5, 0.6) is 0 Å². The van der Waals surface area contributed by atoms with Crippen LogP contribution in [0.25, 0.3) is 0 Å². The van der Waals surface area contributed by atoms with Crippen LogP contribution >= 0.6 is 11.3 Å². The molecule has 6 heteroatoms. The van der Waals surface area contributed by atoms with Gasteiger partial charge in [-0.05, 0) is 34.5 Å². The lowest BCUT2D eigenvalue weighted by atomic mass is 10.1. The summed E-state index contributed by atoms with van der Waals surface area (Å²) in [5.41, 5.74) is 7.64. The van der Waals surface area contributed by atoms with E-state index in [-0.39, 0.29) is 11.7 Å². The Morgan fingerprint density at radius 1 is 1.40 bits per heavy atom. The molecule has 5 nitrogen and oxygen atoms in total. The SMILES string of the molecule is CN(Cc1ccsc1)C(=O)c1cccc(/C(N)=N/O)c1. The van der Waals surface area contributed by atoms with Gasteiger partial charge in [-0.3, -0.25) is 4.79 Å². The number of hydrogen-bond acceptors (Lipinski definition) is 4. The molecule has 1 amide bonds. The maximum absolute atomic E-state index is 12.3. The van der Waals surface area contributed by atoms with Crippen LogP contribution in [0.15, 0.2) is 46.2 Å². The van der Waals surface area contributed by atoms with Crippen molar-refractivity contribution in [2.45, 2.75) is 6.54 Å². The van der Waals surface area contributed by atoms with Gasteiger partial charge in [0.15, 0.2) is 5.84 Å². The van der Waals surface area contributed by atoms with E-state index >= 15 is 0 Å². The fourth-order valence-electron chi connectivity index (χ4n) is 1.82. The Hall–Kier alpha value is -2.34. The number of thiophene rings is 1.